The van der Waals surface area contributed by atoms with Gasteiger partial charge in [-0.15, -0.1) is 10.2 Å². The Balaban J connectivity index is 1.63. The molecule has 0 atom stereocenters. The number of hydrogen-bond acceptors (Lipinski definition) is 5. The summed E-state index contributed by atoms with van der Waals surface area (Å²) >= 11 is 1.67. The zero-order valence-corrected chi connectivity index (χ0v) is 17.2. The lowest BCUT2D eigenvalue weighted by molar-refractivity contribution is 0.0793. The fourth-order valence-corrected chi connectivity index (χ4v) is 4.15. The average molecular weight is 389 g/mol. The van der Waals surface area contributed by atoms with Crippen molar-refractivity contribution in [1.82, 2.24) is 19.7 Å². The van der Waals surface area contributed by atoms with Crippen LogP contribution in [0.1, 0.15) is 54.4 Å². The van der Waals surface area contributed by atoms with Crippen LogP contribution in [0.15, 0.2) is 29.4 Å². The fourth-order valence-electron chi connectivity index (χ4n) is 3.22. The number of methoxy groups -OCH3 is 1. The molecule has 1 aliphatic rings. The first kappa shape index (κ1) is 19.9. The SMILES string of the molecule is COCCn1c(SCc2ccc(C(=O)N3CCCC3)cc2)nnc1C(C)C. The van der Waals surface area contributed by atoms with Gasteiger partial charge in [0.15, 0.2) is 5.16 Å². The molecule has 27 heavy (non-hydrogen) atoms. The smallest absolute Gasteiger partial charge is 0.253 e. The van der Waals surface area contributed by atoms with Crippen LogP contribution in [-0.2, 0) is 17.0 Å². The molecule has 0 spiro atoms. The number of ether oxygens (including phenoxy) is 1. The van der Waals surface area contributed by atoms with E-state index in [1.54, 1.807) is 18.9 Å². The van der Waals surface area contributed by atoms with E-state index in [0.29, 0.717) is 12.5 Å². The van der Waals surface area contributed by atoms with Crippen LogP contribution < -0.4 is 0 Å². The molecule has 1 saturated heterocycles. The molecule has 0 unspecified atom stereocenters. The Kier molecular flexibility index (Phi) is 6.90. The second-order valence-electron chi connectivity index (χ2n) is 7.12. The summed E-state index contributed by atoms with van der Waals surface area (Å²) in [6.07, 6.45) is 2.23. The molecule has 0 bridgehead atoms. The predicted molar refractivity (Wildman–Crippen MR) is 107 cm³/mol. The maximum atomic E-state index is 12.4. The molecule has 6 nitrogen and oxygen atoms in total. The van der Waals surface area contributed by atoms with Crippen LogP contribution in [0.25, 0.3) is 0 Å². The summed E-state index contributed by atoms with van der Waals surface area (Å²) in [6, 6.07) is 7.95. The first-order valence-electron chi connectivity index (χ1n) is 9.53. The second kappa shape index (κ2) is 9.37. The fraction of sp³-hybridized carbons (Fsp3) is 0.550. The Bertz CT molecular complexity index is 752. The van der Waals surface area contributed by atoms with Crippen LogP contribution in [0.2, 0.25) is 0 Å². The number of thioether (sulfide) groups is 1. The molecular weight excluding hydrogens is 360 g/mol. The molecule has 2 aromatic rings. The normalized spacial score (nSPS) is 14.3. The molecule has 3 rings (SSSR count). The molecule has 1 fully saturated rings. The van der Waals surface area contributed by atoms with E-state index in [4.69, 9.17) is 4.74 Å². The van der Waals surface area contributed by atoms with Crippen molar-refractivity contribution >= 4 is 17.7 Å². The molecule has 1 aromatic heterocycles. The molecule has 146 valence electrons. The number of hydrogen-bond donors (Lipinski definition) is 0. The van der Waals surface area contributed by atoms with Gasteiger partial charge in [0.2, 0.25) is 0 Å². The lowest BCUT2D eigenvalue weighted by Crippen LogP contribution is -2.27. The molecule has 1 aromatic carbocycles. The highest BCUT2D eigenvalue weighted by atomic mass is 32.2. The summed E-state index contributed by atoms with van der Waals surface area (Å²) in [5.41, 5.74) is 1.95. The third-order valence-electron chi connectivity index (χ3n) is 4.74. The van der Waals surface area contributed by atoms with Crippen molar-refractivity contribution in [2.24, 2.45) is 0 Å². The summed E-state index contributed by atoms with van der Waals surface area (Å²) in [4.78, 5) is 14.4. The third-order valence-corrected chi connectivity index (χ3v) is 5.78. The van der Waals surface area contributed by atoms with Crippen molar-refractivity contribution in [1.29, 1.82) is 0 Å². The summed E-state index contributed by atoms with van der Waals surface area (Å²) in [5.74, 6) is 2.25. The van der Waals surface area contributed by atoms with Crippen molar-refractivity contribution in [3.8, 4) is 0 Å². The summed E-state index contributed by atoms with van der Waals surface area (Å²) in [7, 11) is 1.71. The molecule has 0 radical (unpaired) electrons. The van der Waals surface area contributed by atoms with Crippen LogP contribution in [0.5, 0.6) is 0 Å². The van der Waals surface area contributed by atoms with Gasteiger partial charge >= 0.3 is 0 Å². The summed E-state index contributed by atoms with van der Waals surface area (Å²) in [6.45, 7) is 7.40. The van der Waals surface area contributed by atoms with Gasteiger partial charge in [-0.3, -0.25) is 4.79 Å². The molecule has 0 saturated carbocycles. The number of nitrogens with zero attached hydrogens (tertiary/aromatic N) is 4. The van der Waals surface area contributed by atoms with Crippen LogP contribution in [0.3, 0.4) is 0 Å². The molecular formula is C20H28N4O2S. The standard InChI is InChI=1S/C20H28N4O2S/c1-15(2)18-21-22-20(24(18)12-13-26-3)27-14-16-6-8-17(9-7-16)19(25)23-10-4-5-11-23/h6-9,15H,4-5,10-14H2,1-3H3. The Morgan fingerprint density at radius 2 is 1.89 bits per heavy atom. The van der Waals surface area contributed by atoms with E-state index in [0.717, 1.165) is 54.8 Å². The summed E-state index contributed by atoms with van der Waals surface area (Å²) in [5, 5.41) is 9.62. The number of carbonyl (C=O) groups excluding carboxylic acids is 1. The minimum atomic E-state index is 0.146. The van der Waals surface area contributed by atoms with Crippen molar-refractivity contribution in [2.45, 2.75) is 50.1 Å². The van der Waals surface area contributed by atoms with Gasteiger partial charge in [-0.05, 0) is 30.5 Å². The lowest BCUT2D eigenvalue weighted by atomic mass is 10.1. The topological polar surface area (TPSA) is 60.2 Å². The Labute approximate surface area is 165 Å². The van der Waals surface area contributed by atoms with Gasteiger partial charge in [0.05, 0.1) is 6.61 Å². The first-order valence-corrected chi connectivity index (χ1v) is 10.5. The molecule has 1 amide bonds. The predicted octanol–water partition coefficient (Wildman–Crippen LogP) is 3.58. The number of benzene rings is 1. The first-order chi connectivity index (χ1) is 13.1. The number of rotatable bonds is 8. The number of aromatic nitrogens is 3. The monoisotopic (exact) mass is 388 g/mol. The molecule has 7 heteroatoms. The van der Waals surface area contributed by atoms with E-state index in [2.05, 4.69) is 28.6 Å². The van der Waals surface area contributed by atoms with E-state index in [1.807, 2.05) is 29.2 Å². The molecule has 2 heterocycles. The van der Waals surface area contributed by atoms with E-state index in [-0.39, 0.29) is 5.91 Å². The Morgan fingerprint density at radius 3 is 2.52 bits per heavy atom. The van der Waals surface area contributed by atoms with Crippen LogP contribution in [0, 0.1) is 0 Å². The third kappa shape index (κ3) is 4.90. The Hall–Kier alpha value is -1.86. The van der Waals surface area contributed by atoms with Crippen LogP contribution >= 0.6 is 11.8 Å². The van der Waals surface area contributed by atoms with Crippen molar-refractivity contribution in [3.05, 3.63) is 41.2 Å². The van der Waals surface area contributed by atoms with Gasteiger partial charge in [0.25, 0.3) is 5.91 Å². The Morgan fingerprint density at radius 1 is 1.19 bits per heavy atom. The van der Waals surface area contributed by atoms with E-state index < -0.39 is 0 Å². The van der Waals surface area contributed by atoms with Gasteiger partial charge in [0.1, 0.15) is 5.82 Å². The number of carbonyl (C=O) groups is 1. The number of amides is 1. The maximum absolute atomic E-state index is 12.4. The van der Waals surface area contributed by atoms with Gasteiger partial charge in [-0.25, -0.2) is 0 Å². The van der Waals surface area contributed by atoms with E-state index >= 15 is 0 Å². The molecule has 0 N–H and O–H groups in total. The summed E-state index contributed by atoms with van der Waals surface area (Å²) < 4.78 is 7.37. The quantitative estimate of drug-likeness (QED) is 0.647. The molecule has 0 aliphatic carbocycles. The highest BCUT2D eigenvalue weighted by Gasteiger charge is 2.19. The average Bonchev–Trinajstić information content (AvgIpc) is 3.34. The highest BCUT2D eigenvalue weighted by Crippen LogP contribution is 2.25. The second-order valence-corrected chi connectivity index (χ2v) is 8.07. The van der Waals surface area contributed by atoms with Crippen LogP contribution in [0.4, 0.5) is 0 Å². The van der Waals surface area contributed by atoms with Gasteiger partial charge in [0, 0.05) is 44.0 Å². The minimum absolute atomic E-state index is 0.146. The van der Waals surface area contributed by atoms with Gasteiger partial charge in [-0.2, -0.15) is 0 Å². The maximum Gasteiger partial charge on any atom is 0.253 e. The van der Waals surface area contributed by atoms with E-state index in [9.17, 15) is 4.79 Å². The van der Waals surface area contributed by atoms with Crippen molar-refractivity contribution in [2.75, 3.05) is 26.8 Å². The zero-order valence-electron chi connectivity index (χ0n) is 16.4. The van der Waals surface area contributed by atoms with Crippen LogP contribution in [-0.4, -0.2) is 52.4 Å². The highest BCUT2D eigenvalue weighted by molar-refractivity contribution is 7.98. The molecule has 1 aliphatic heterocycles. The lowest BCUT2D eigenvalue weighted by Gasteiger charge is -2.15. The number of likely N-dealkylation sites (tertiary alicyclic amines) is 1. The van der Waals surface area contributed by atoms with Crippen molar-refractivity contribution in [3.63, 3.8) is 0 Å². The minimum Gasteiger partial charge on any atom is -0.383 e. The largest absolute Gasteiger partial charge is 0.383 e. The van der Waals surface area contributed by atoms with Crippen molar-refractivity contribution < 1.29 is 9.53 Å². The zero-order chi connectivity index (χ0) is 19.2. The van der Waals surface area contributed by atoms with Gasteiger partial charge in [-0.1, -0.05) is 37.7 Å². The van der Waals surface area contributed by atoms with Gasteiger partial charge < -0.3 is 14.2 Å². The van der Waals surface area contributed by atoms with E-state index in [1.165, 1.54) is 5.56 Å².